The fraction of sp³-hybridized carbons (Fsp3) is 0.0303. The standard InChI is InChI=1S/C64H41N3S.C2H6/c1-4-20-46(21-5-1)65(47-22-6-2-7-23-47)58-32-18-33-59-63(58)54-29-13-16-31-57(54)67(59)49-38-44(42-35-36-52-51-27-12-15-30-56(51)66(60(52)41-42)48-24-8-3-9-25-48)37-45(39-49)62-50-26-11-10-19-43(50)40-55-53-28-14-17-34-61(53)68-64(55)62;1-2/h1-41H;1-2H3. The van der Waals surface area contributed by atoms with Crippen molar-refractivity contribution in [2.75, 3.05) is 4.90 Å². The zero-order valence-corrected chi connectivity index (χ0v) is 39.7. The Morgan fingerprint density at radius 3 is 1.64 bits per heavy atom. The molecule has 0 spiro atoms. The van der Waals surface area contributed by atoms with E-state index in [0.29, 0.717) is 0 Å². The van der Waals surface area contributed by atoms with Crippen LogP contribution in [0, 0.1) is 0 Å². The van der Waals surface area contributed by atoms with Gasteiger partial charge in [-0.25, -0.2) is 0 Å². The lowest BCUT2D eigenvalue weighted by Crippen LogP contribution is -2.10. The Morgan fingerprint density at radius 1 is 0.343 bits per heavy atom. The van der Waals surface area contributed by atoms with Gasteiger partial charge in [-0.2, -0.15) is 0 Å². The molecule has 0 amide bonds. The first kappa shape index (κ1) is 41.5. The SMILES string of the molecule is CC.c1ccc(N(c2ccccc2)c2cccc3c2c2ccccc2n3-c2cc(-c3ccc4c5ccccc5n(-c5ccccc5)c4c3)cc(-c3c4ccccc4cc4c3sc3ccccc34)c2)cc1. The maximum atomic E-state index is 2.50. The number of para-hydroxylation sites is 5. The molecule has 0 saturated carbocycles. The molecular formula is C66H47N3S. The molecule has 0 aliphatic heterocycles. The predicted molar refractivity (Wildman–Crippen MR) is 302 cm³/mol. The second kappa shape index (κ2) is 17.1. The maximum Gasteiger partial charge on any atom is 0.0562 e. The van der Waals surface area contributed by atoms with Crippen LogP contribution in [0.15, 0.2) is 249 Å². The van der Waals surface area contributed by atoms with Gasteiger partial charge in [0.15, 0.2) is 0 Å². The molecule has 0 atom stereocenters. The van der Waals surface area contributed by atoms with E-state index in [0.717, 1.165) is 50.6 Å². The minimum absolute atomic E-state index is 1.11. The summed E-state index contributed by atoms with van der Waals surface area (Å²) in [6, 6.07) is 91.3. The molecule has 0 saturated heterocycles. The summed E-state index contributed by atoms with van der Waals surface area (Å²) in [5.41, 5.74) is 15.1. The third-order valence-electron chi connectivity index (χ3n) is 13.8. The highest BCUT2D eigenvalue weighted by Crippen LogP contribution is 2.48. The molecule has 3 nitrogen and oxygen atoms in total. The van der Waals surface area contributed by atoms with Crippen molar-refractivity contribution in [3.63, 3.8) is 0 Å². The number of aromatic nitrogens is 2. The van der Waals surface area contributed by atoms with Crippen molar-refractivity contribution < 1.29 is 0 Å². The Balaban J connectivity index is 0.00000237. The van der Waals surface area contributed by atoms with Gasteiger partial charge in [0.2, 0.25) is 0 Å². The van der Waals surface area contributed by atoms with Crippen molar-refractivity contribution in [2.45, 2.75) is 13.8 Å². The second-order valence-electron chi connectivity index (χ2n) is 17.7. The number of fused-ring (bicyclic) bond motifs is 10. The highest BCUT2D eigenvalue weighted by Gasteiger charge is 2.23. The van der Waals surface area contributed by atoms with Gasteiger partial charge in [0.25, 0.3) is 0 Å². The molecule has 14 rings (SSSR count). The van der Waals surface area contributed by atoms with Gasteiger partial charge in [-0.1, -0.05) is 166 Å². The van der Waals surface area contributed by atoms with E-state index in [2.05, 4.69) is 263 Å². The van der Waals surface area contributed by atoms with Gasteiger partial charge >= 0.3 is 0 Å². The molecule has 70 heavy (non-hydrogen) atoms. The third kappa shape index (κ3) is 6.63. The largest absolute Gasteiger partial charge is 0.310 e. The summed E-state index contributed by atoms with van der Waals surface area (Å²) >= 11 is 1.90. The van der Waals surface area contributed by atoms with E-state index in [1.807, 2.05) is 25.2 Å². The molecule has 3 aromatic heterocycles. The van der Waals surface area contributed by atoms with Crippen LogP contribution in [0.4, 0.5) is 17.1 Å². The number of rotatable bonds is 7. The van der Waals surface area contributed by atoms with Gasteiger partial charge in [0.05, 0.1) is 27.8 Å². The van der Waals surface area contributed by atoms with E-state index in [1.54, 1.807) is 0 Å². The average Bonchev–Trinajstić information content (AvgIpc) is 4.09. The Morgan fingerprint density at radius 2 is 0.900 bits per heavy atom. The number of thiophene rings is 1. The van der Waals surface area contributed by atoms with E-state index in [9.17, 15) is 0 Å². The molecule has 0 N–H and O–H groups in total. The van der Waals surface area contributed by atoms with Crippen LogP contribution >= 0.6 is 11.3 Å². The molecular weight excluding hydrogens is 867 g/mol. The minimum Gasteiger partial charge on any atom is -0.310 e. The smallest absolute Gasteiger partial charge is 0.0562 e. The second-order valence-corrected chi connectivity index (χ2v) is 18.7. The number of benzene rings is 11. The topological polar surface area (TPSA) is 13.1 Å². The lowest BCUT2D eigenvalue weighted by Gasteiger charge is -2.26. The summed E-state index contributed by atoms with van der Waals surface area (Å²) in [5.74, 6) is 0. The molecule has 11 aromatic carbocycles. The summed E-state index contributed by atoms with van der Waals surface area (Å²) in [7, 11) is 0. The zero-order chi connectivity index (χ0) is 46.7. The van der Waals surface area contributed by atoms with Crippen LogP contribution in [0.25, 0.3) is 108 Å². The Labute approximate surface area is 411 Å². The zero-order valence-electron chi connectivity index (χ0n) is 38.9. The van der Waals surface area contributed by atoms with Crippen molar-refractivity contribution >= 4 is 103 Å². The Bertz CT molecular complexity index is 4220. The summed E-state index contributed by atoms with van der Waals surface area (Å²) in [5, 5.41) is 9.97. The first-order chi connectivity index (χ1) is 34.7. The van der Waals surface area contributed by atoms with Crippen molar-refractivity contribution in [1.29, 1.82) is 0 Å². The monoisotopic (exact) mass is 913 g/mol. The molecule has 0 aliphatic rings. The highest BCUT2D eigenvalue weighted by atomic mass is 32.1. The van der Waals surface area contributed by atoms with Crippen LogP contribution in [-0.2, 0) is 0 Å². The first-order valence-electron chi connectivity index (χ1n) is 24.3. The summed E-state index contributed by atoms with van der Waals surface area (Å²) in [4.78, 5) is 2.40. The van der Waals surface area contributed by atoms with Crippen molar-refractivity contribution in [3.05, 3.63) is 249 Å². The molecule has 0 bridgehead atoms. The molecule has 0 aliphatic carbocycles. The lowest BCUT2D eigenvalue weighted by molar-refractivity contribution is 1.18. The van der Waals surface area contributed by atoms with Gasteiger partial charge < -0.3 is 14.0 Å². The van der Waals surface area contributed by atoms with Crippen LogP contribution in [0.2, 0.25) is 0 Å². The summed E-state index contributed by atoms with van der Waals surface area (Å²) < 4.78 is 7.52. The number of anilines is 3. The van der Waals surface area contributed by atoms with E-state index in [-0.39, 0.29) is 0 Å². The van der Waals surface area contributed by atoms with Crippen molar-refractivity contribution in [3.8, 4) is 33.6 Å². The minimum atomic E-state index is 1.11. The Hall–Kier alpha value is -8.70. The molecule has 0 unspecified atom stereocenters. The molecule has 3 heterocycles. The van der Waals surface area contributed by atoms with Crippen LogP contribution in [-0.4, -0.2) is 9.13 Å². The Kier molecular flexibility index (Phi) is 10.1. The van der Waals surface area contributed by atoms with Crippen molar-refractivity contribution in [1.82, 2.24) is 9.13 Å². The van der Waals surface area contributed by atoms with Crippen LogP contribution in [0.1, 0.15) is 13.8 Å². The average molecular weight is 914 g/mol. The normalized spacial score (nSPS) is 11.6. The van der Waals surface area contributed by atoms with Gasteiger partial charge in [-0.15, -0.1) is 11.3 Å². The van der Waals surface area contributed by atoms with Crippen LogP contribution < -0.4 is 4.90 Å². The molecule has 0 radical (unpaired) electrons. The number of hydrogen-bond acceptors (Lipinski definition) is 2. The molecule has 4 heteroatoms. The first-order valence-corrected chi connectivity index (χ1v) is 25.1. The lowest BCUT2D eigenvalue weighted by atomic mass is 9.92. The molecule has 14 aromatic rings. The van der Waals surface area contributed by atoms with Gasteiger partial charge in [0, 0.05) is 70.0 Å². The van der Waals surface area contributed by atoms with Gasteiger partial charge in [0.1, 0.15) is 0 Å². The quantitative estimate of drug-likeness (QED) is 0.155. The van der Waals surface area contributed by atoms with Crippen LogP contribution in [0.3, 0.4) is 0 Å². The highest BCUT2D eigenvalue weighted by molar-refractivity contribution is 7.26. The molecule has 0 fully saturated rings. The number of nitrogens with zero attached hydrogens (tertiary/aromatic N) is 3. The molecule has 332 valence electrons. The van der Waals surface area contributed by atoms with E-state index in [4.69, 9.17) is 0 Å². The van der Waals surface area contributed by atoms with Crippen molar-refractivity contribution in [2.24, 2.45) is 0 Å². The van der Waals surface area contributed by atoms with Gasteiger partial charge in [-0.05, 0) is 125 Å². The number of hydrogen-bond donors (Lipinski definition) is 0. The van der Waals surface area contributed by atoms with E-state index in [1.165, 1.54) is 74.6 Å². The van der Waals surface area contributed by atoms with Crippen LogP contribution in [0.5, 0.6) is 0 Å². The summed E-state index contributed by atoms with van der Waals surface area (Å²) in [6.07, 6.45) is 0. The summed E-state index contributed by atoms with van der Waals surface area (Å²) in [6.45, 7) is 4.00. The fourth-order valence-corrected chi connectivity index (χ4v) is 12.2. The predicted octanol–water partition coefficient (Wildman–Crippen LogP) is 19.2. The van der Waals surface area contributed by atoms with E-state index < -0.39 is 0 Å². The fourth-order valence-electron chi connectivity index (χ4n) is 10.9. The maximum absolute atomic E-state index is 2.50. The third-order valence-corrected chi connectivity index (χ3v) is 15.0. The van der Waals surface area contributed by atoms with Gasteiger partial charge in [-0.3, -0.25) is 0 Å². The van der Waals surface area contributed by atoms with E-state index >= 15 is 0 Å².